The molecule has 0 fully saturated rings. The third kappa shape index (κ3) is 3.94. The molecule has 0 aromatic carbocycles. The molecule has 0 aromatic heterocycles. The SMILES string of the molecule is C[C@@H](C(=O)O)N(C)C(=O)[C@@H](N)CC(=O)O. The quantitative estimate of drug-likeness (QED) is 0.528. The van der Waals surface area contributed by atoms with E-state index in [4.69, 9.17) is 15.9 Å². The normalized spacial score (nSPS) is 14.1. The molecular formula is C8H14N2O5. The minimum absolute atomic E-state index is 0.518. The number of carbonyl (C=O) groups excluding carboxylic acids is 1. The fourth-order valence-electron chi connectivity index (χ4n) is 0.894. The Hall–Kier alpha value is -1.63. The second-order valence-electron chi connectivity index (χ2n) is 3.17. The Labute approximate surface area is 86.5 Å². The average molecular weight is 218 g/mol. The Kier molecular flexibility index (Phi) is 4.72. The topological polar surface area (TPSA) is 121 Å². The van der Waals surface area contributed by atoms with Crippen molar-refractivity contribution in [3.63, 3.8) is 0 Å². The molecule has 0 rings (SSSR count). The van der Waals surface area contributed by atoms with Crippen LogP contribution in [0.3, 0.4) is 0 Å². The van der Waals surface area contributed by atoms with E-state index < -0.39 is 36.4 Å². The fourth-order valence-corrected chi connectivity index (χ4v) is 0.894. The number of likely N-dealkylation sites (N-methyl/N-ethyl adjacent to an activating group) is 1. The highest BCUT2D eigenvalue weighted by atomic mass is 16.4. The first-order valence-corrected chi connectivity index (χ1v) is 4.24. The van der Waals surface area contributed by atoms with Gasteiger partial charge in [-0.15, -0.1) is 0 Å². The second kappa shape index (κ2) is 5.30. The summed E-state index contributed by atoms with van der Waals surface area (Å²) in [7, 11) is 1.27. The van der Waals surface area contributed by atoms with Gasteiger partial charge >= 0.3 is 11.9 Å². The van der Waals surface area contributed by atoms with Crippen molar-refractivity contribution in [1.29, 1.82) is 0 Å². The van der Waals surface area contributed by atoms with Crippen LogP contribution in [0.5, 0.6) is 0 Å². The number of hydrogen-bond acceptors (Lipinski definition) is 4. The van der Waals surface area contributed by atoms with Crippen molar-refractivity contribution in [2.75, 3.05) is 7.05 Å². The second-order valence-corrected chi connectivity index (χ2v) is 3.17. The smallest absolute Gasteiger partial charge is 0.326 e. The highest BCUT2D eigenvalue weighted by Crippen LogP contribution is 2.01. The van der Waals surface area contributed by atoms with E-state index in [-0.39, 0.29) is 0 Å². The minimum atomic E-state index is -1.21. The molecule has 15 heavy (non-hydrogen) atoms. The van der Waals surface area contributed by atoms with Crippen LogP contribution in [0.15, 0.2) is 0 Å². The molecule has 86 valence electrons. The van der Waals surface area contributed by atoms with Crippen LogP contribution in [-0.4, -0.2) is 52.1 Å². The highest BCUT2D eigenvalue weighted by molar-refractivity contribution is 5.89. The summed E-state index contributed by atoms with van der Waals surface area (Å²) in [5.41, 5.74) is 5.29. The molecule has 0 aliphatic rings. The summed E-state index contributed by atoms with van der Waals surface area (Å²) < 4.78 is 0. The Morgan fingerprint density at radius 3 is 2.13 bits per heavy atom. The number of amides is 1. The van der Waals surface area contributed by atoms with Crippen molar-refractivity contribution < 1.29 is 24.6 Å². The van der Waals surface area contributed by atoms with E-state index in [2.05, 4.69) is 0 Å². The van der Waals surface area contributed by atoms with Gasteiger partial charge in [-0.1, -0.05) is 0 Å². The number of aliphatic carboxylic acids is 2. The molecule has 0 bridgehead atoms. The maximum absolute atomic E-state index is 11.4. The van der Waals surface area contributed by atoms with Crippen molar-refractivity contribution in [1.82, 2.24) is 4.90 Å². The molecule has 7 nitrogen and oxygen atoms in total. The number of carbonyl (C=O) groups is 3. The maximum Gasteiger partial charge on any atom is 0.326 e. The zero-order valence-corrected chi connectivity index (χ0v) is 8.51. The van der Waals surface area contributed by atoms with Gasteiger partial charge in [-0.25, -0.2) is 4.79 Å². The standard InChI is InChI=1S/C8H14N2O5/c1-4(8(14)15)10(2)7(13)5(9)3-6(11)12/h4-5H,3,9H2,1-2H3,(H,11,12)(H,14,15)/t4-,5-/m0/s1. The summed E-state index contributed by atoms with van der Waals surface area (Å²) in [5, 5.41) is 17.0. The maximum atomic E-state index is 11.4. The zero-order valence-electron chi connectivity index (χ0n) is 8.51. The van der Waals surface area contributed by atoms with Crippen LogP contribution < -0.4 is 5.73 Å². The van der Waals surface area contributed by atoms with Crippen LogP contribution in [-0.2, 0) is 14.4 Å². The van der Waals surface area contributed by atoms with Crippen LogP contribution >= 0.6 is 0 Å². The summed E-state index contributed by atoms with van der Waals surface area (Å²) >= 11 is 0. The Morgan fingerprint density at radius 2 is 1.80 bits per heavy atom. The lowest BCUT2D eigenvalue weighted by Gasteiger charge is -2.23. The molecule has 0 spiro atoms. The van der Waals surface area contributed by atoms with E-state index in [0.717, 1.165) is 4.90 Å². The van der Waals surface area contributed by atoms with Gasteiger partial charge in [0.2, 0.25) is 5.91 Å². The van der Waals surface area contributed by atoms with Gasteiger partial charge in [-0.3, -0.25) is 9.59 Å². The molecule has 7 heteroatoms. The van der Waals surface area contributed by atoms with Crippen LogP contribution in [0, 0.1) is 0 Å². The summed E-state index contributed by atoms with van der Waals surface area (Å²) in [5.74, 6) is -3.08. The summed E-state index contributed by atoms with van der Waals surface area (Å²) in [6.45, 7) is 1.31. The van der Waals surface area contributed by atoms with Gasteiger partial charge in [0.25, 0.3) is 0 Å². The fraction of sp³-hybridized carbons (Fsp3) is 0.625. The largest absolute Gasteiger partial charge is 0.481 e. The van der Waals surface area contributed by atoms with Crippen molar-refractivity contribution in [2.24, 2.45) is 5.73 Å². The molecule has 0 saturated heterocycles. The van der Waals surface area contributed by atoms with Crippen LogP contribution in [0.25, 0.3) is 0 Å². The predicted molar refractivity (Wildman–Crippen MR) is 50.1 cm³/mol. The van der Waals surface area contributed by atoms with Crippen molar-refractivity contribution in [3.8, 4) is 0 Å². The first kappa shape index (κ1) is 13.4. The molecule has 0 saturated carbocycles. The molecule has 0 aromatic rings. The van der Waals surface area contributed by atoms with Gasteiger partial charge in [-0.2, -0.15) is 0 Å². The first-order valence-electron chi connectivity index (χ1n) is 4.24. The van der Waals surface area contributed by atoms with Gasteiger partial charge < -0.3 is 20.8 Å². The van der Waals surface area contributed by atoms with Gasteiger partial charge in [-0.05, 0) is 6.92 Å². The number of hydrogen-bond donors (Lipinski definition) is 3. The molecule has 2 atom stereocenters. The van der Waals surface area contributed by atoms with E-state index in [0.29, 0.717) is 0 Å². The minimum Gasteiger partial charge on any atom is -0.481 e. The van der Waals surface area contributed by atoms with Crippen molar-refractivity contribution >= 4 is 17.8 Å². The van der Waals surface area contributed by atoms with E-state index in [1.165, 1.54) is 14.0 Å². The number of rotatable bonds is 5. The Bertz CT molecular complexity index is 278. The zero-order chi connectivity index (χ0) is 12.2. The van der Waals surface area contributed by atoms with E-state index in [9.17, 15) is 14.4 Å². The molecule has 0 heterocycles. The monoisotopic (exact) mass is 218 g/mol. The third-order valence-corrected chi connectivity index (χ3v) is 2.00. The van der Waals surface area contributed by atoms with Crippen LogP contribution in [0.2, 0.25) is 0 Å². The summed E-state index contributed by atoms with van der Waals surface area (Å²) in [4.78, 5) is 33.1. The van der Waals surface area contributed by atoms with E-state index >= 15 is 0 Å². The Morgan fingerprint density at radius 1 is 1.33 bits per heavy atom. The van der Waals surface area contributed by atoms with Crippen molar-refractivity contribution in [2.45, 2.75) is 25.4 Å². The lowest BCUT2D eigenvalue weighted by molar-refractivity contribution is -0.149. The molecule has 0 radical (unpaired) electrons. The van der Waals surface area contributed by atoms with Crippen molar-refractivity contribution in [3.05, 3.63) is 0 Å². The first-order chi connectivity index (χ1) is 6.77. The van der Waals surface area contributed by atoms with Gasteiger partial charge in [0, 0.05) is 7.05 Å². The predicted octanol–water partition coefficient (Wildman–Crippen LogP) is -1.28. The van der Waals surface area contributed by atoms with E-state index in [1.807, 2.05) is 0 Å². The molecule has 0 unspecified atom stereocenters. The number of nitrogens with zero attached hydrogens (tertiary/aromatic N) is 1. The van der Waals surface area contributed by atoms with Gasteiger partial charge in [0.1, 0.15) is 6.04 Å². The number of carboxylic acid groups (broad SMARTS) is 2. The average Bonchev–Trinajstić information content (AvgIpc) is 2.13. The Balaban J connectivity index is 4.43. The molecule has 1 amide bonds. The van der Waals surface area contributed by atoms with Crippen LogP contribution in [0.1, 0.15) is 13.3 Å². The third-order valence-electron chi connectivity index (χ3n) is 2.00. The van der Waals surface area contributed by atoms with Gasteiger partial charge in [0.15, 0.2) is 0 Å². The lowest BCUT2D eigenvalue weighted by Crippen LogP contribution is -2.48. The summed E-state index contributed by atoms with van der Waals surface area (Å²) in [6.07, 6.45) is -0.518. The number of carboxylic acids is 2. The van der Waals surface area contributed by atoms with Gasteiger partial charge in [0.05, 0.1) is 12.5 Å². The highest BCUT2D eigenvalue weighted by Gasteiger charge is 2.27. The summed E-state index contributed by atoms with van der Waals surface area (Å²) in [6, 6.07) is -2.24. The molecule has 4 N–H and O–H groups in total. The lowest BCUT2D eigenvalue weighted by atomic mass is 10.1. The number of nitrogens with two attached hydrogens (primary N) is 1. The molecule has 0 aliphatic heterocycles. The molecule has 0 aliphatic carbocycles. The van der Waals surface area contributed by atoms with E-state index in [1.54, 1.807) is 0 Å². The molecular weight excluding hydrogens is 204 g/mol. The van der Waals surface area contributed by atoms with Crippen LogP contribution in [0.4, 0.5) is 0 Å².